The van der Waals surface area contributed by atoms with Crippen molar-refractivity contribution in [3.63, 3.8) is 0 Å². The summed E-state index contributed by atoms with van der Waals surface area (Å²) in [4.78, 5) is 6.29. The number of nitrogens with one attached hydrogen (secondary N) is 1. The molecule has 5 nitrogen and oxygen atoms in total. The first-order valence-electron chi connectivity index (χ1n) is 7.09. The van der Waals surface area contributed by atoms with Crippen LogP contribution in [0.2, 0.25) is 5.02 Å². The Morgan fingerprint density at radius 1 is 1.52 bits per heavy atom. The quantitative estimate of drug-likeness (QED) is 0.892. The van der Waals surface area contributed by atoms with E-state index in [1.807, 2.05) is 18.0 Å². The molecule has 1 saturated heterocycles. The number of pyridine rings is 1. The van der Waals surface area contributed by atoms with Crippen molar-refractivity contribution in [2.75, 3.05) is 23.5 Å². The summed E-state index contributed by atoms with van der Waals surface area (Å²) < 4.78 is 23.2. The van der Waals surface area contributed by atoms with E-state index in [1.165, 1.54) is 0 Å². The van der Waals surface area contributed by atoms with E-state index >= 15 is 0 Å². The molecule has 2 heterocycles. The van der Waals surface area contributed by atoms with Crippen molar-refractivity contribution in [1.82, 2.24) is 10.3 Å². The van der Waals surface area contributed by atoms with Crippen LogP contribution in [0.25, 0.3) is 0 Å². The van der Waals surface area contributed by atoms with E-state index in [4.69, 9.17) is 11.6 Å². The summed E-state index contributed by atoms with van der Waals surface area (Å²) >= 11 is 6.31. The Labute approximate surface area is 131 Å². The van der Waals surface area contributed by atoms with E-state index in [1.54, 1.807) is 6.20 Å². The molecule has 1 unspecified atom stereocenters. The molecule has 1 aliphatic heterocycles. The van der Waals surface area contributed by atoms with Crippen LogP contribution in [0, 0.1) is 0 Å². The smallest absolute Gasteiger partial charge is 0.152 e. The highest BCUT2D eigenvalue weighted by atomic mass is 35.5. The van der Waals surface area contributed by atoms with Gasteiger partial charge in [-0.2, -0.15) is 0 Å². The second-order valence-electron chi connectivity index (χ2n) is 5.85. The molecule has 2 rings (SSSR count). The van der Waals surface area contributed by atoms with E-state index in [0.717, 1.165) is 5.56 Å². The van der Waals surface area contributed by atoms with Gasteiger partial charge in [0.05, 0.1) is 16.5 Å². The zero-order chi connectivity index (χ0) is 15.6. The molecule has 1 N–H and O–H groups in total. The first-order chi connectivity index (χ1) is 9.78. The second kappa shape index (κ2) is 6.50. The maximum absolute atomic E-state index is 11.6. The van der Waals surface area contributed by atoms with Crippen LogP contribution in [-0.4, -0.2) is 44.0 Å². The third-order valence-corrected chi connectivity index (χ3v) is 5.71. The third kappa shape index (κ3) is 4.31. The Morgan fingerprint density at radius 2 is 2.24 bits per heavy atom. The monoisotopic (exact) mass is 331 g/mol. The average Bonchev–Trinajstić information content (AvgIpc) is 2.76. The molecule has 0 aromatic carbocycles. The van der Waals surface area contributed by atoms with Crippen LogP contribution in [0.4, 0.5) is 5.82 Å². The van der Waals surface area contributed by atoms with Gasteiger partial charge in [0.2, 0.25) is 0 Å². The summed E-state index contributed by atoms with van der Waals surface area (Å²) in [5.41, 5.74) is 1.02. The fraction of sp³-hybridized carbons (Fsp3) is 0.643. The molecular formula is C14H22ClN3O2S. The van der Waals surface area contributed by atoms with E-state index in [0.29, 0.717) is 29.8 Å². The molecular weight excluding hydrogens is 310 g/mol. The van der Waals surface area contributed by atoms with E-state index < -0.39 is 9.84 Å². The van der Waals surface area contributed by atoms with Crippen LogP contribution in [0.5, 0.6) is 0 Å². The average molecular weight is 332 g/mol. The lowest BCUT2D eigenvalue weighted by Crippen LogP contribution is -2.33. The Kier molecular flexibility index (Phi) is 5.11. The highest BCUT2D eigenvalue weighted by Gasteiger charge is 2.31. The molecule has 0 saturated carbocycles. The van der Waals surface area contributed by atoms with Crippen LogP contribution in [0.1, 0.15) is 25.8 Å². The van der Waals surface area contributed by atoms with Crippen LogP contribution < -0.4 is 10.2 Å². The number of hydrogen-bond donors (Lipinski definition) is 1. The number of hydrogen-bond acceptors (Lipinski definition) is 5. The Balaban J connectivity index is 2.10. The molecule has 0 aliphatic carbocycles. The van der Waals surface area contributed by atoms with Gasteiger partial charge in [-0.25, -0.2) is 13.4 Å². The number of sulfone groups is 1. The van der Waals surface area contributed by atoms with Crippen molar-refractivity contribution in [3.05, 3.63) is 22.8 Å². The predicted molar refractivity (Wildman–Crippen MR) is 86.7 cm³/mol. The van der Waals surface area contributed by atoms with Crippen molar-refractivity contribution in [1.29, 1.82) is 0 Å². The molecule has 0 bridgehead atoms. The Morgan fingerprint density at radius 3 is 2.76 bits per heavy atom. The van der Waals surface area contributed by atoms with E-state index in [-0.39, 0.29) is 17.5 Å². The maximum atomic E-state index is 11.6. The normalized spacial score (nSPS) is 20.9. The molecule has 0 spiro atoms. The lowest BCUT2D eigenvalue weighted by Gasteiger charge is -2.25. The van der Waals surface area contributed by atoms with Crippen molar-refractivity contribution < 1.29 is 8.42 Å². The van der Waals surface area contributed by atoms with Crippen molar-refractivity contribution in [2.24, 2.45) is 0 Å². The molecule has 21 heavy (non-hydrogen) atoms. The number of anilines is 1. The van der Waals surface area contributed by atoms with Gasteiger partial charge < -0.3 is 10.2 Å². The molecule has 1 aromatic heterocycles. The zero-order valence-electron chi connectivity index (χ0n) is 12.6. The number of rotatable bonds is 5. The second-order valence-corrected chi connectivity index (χ2v) is 8.49. The summed E-state index contributed by atoms with van der Waals surface area (Å²) in [6.07, 6.45) is 2.42. The van der Waals surface area contributed by atoms with Gasteiger partial charge in [-0.15, -0.1) is 0 Å². The van der Waals surface area contributed by atoms with Crippen molar-refractivity contribution >= 4 is 27.3 Å². The van der Waals surface area contributed by atoms with Gasteiger partial charge in [-0.1, -0.05) is 25.4 Å². The van der Waals surface area contributed by atoms with Crippen molar-refractivity contribution in [3.8, 4) is 0 Å². The van der Waals surface area contributed by atoms with Crippen LogP contribution in [-0.2, 0) is 16.4 Å². The first kappa shape index (κ1) is 16.5. The lowest BCUT2D eigenvalue weighted by atomic mass is 10.2. The fourth-order valence-electron chi connectivity index (χ4n) is 2.40. The zero-order valence-corrected chi connectivity index (χ0v) is 14.2. The molecule has 1 fully saturated rings. The summed E-state index contributed by atoms with van der Waals surface area (Å²) in [5, 5.41) is 3.87. The highest BCUT2D eigenvalue weighted by molar-refractivity contribution is 7.91. The van der Waals surface area contributed by atoms with Crippen LogP contribution in [0.3, 0.4) is 0 Å². The molecule has 7 heteroatoms. The number of aromatic nitrogens is 1. The van der Waals surface area contributed by atoms with Crippen molar-refractivity contribution in [2.45, 2.75) is 38.9 Å². The van der Waals surface area contributed by atoms with Gasteiger partial charge in [0.1, 0.15) is 5.82 Å². The summed E-state index contributed by atoms with van der Waals surface area (Å²) in [7, 11) is -1.06. The van der Waals surface area contributed by atoms with Gasteiger partial charge in [-0.05, 0) is 18.1 Å². The van der Waals surface area contributed by atoms with Gasteiger partial charge in [-0.3, -0.25) is 0 Å². The number of nitrogens with zero attached hydrogens (tertiary/aromatic N) is 2. The van der Waals surface area contributed by atoms with Gasteiger partial charge >= 0.3 is 0 Å². The standard InChI is InChI=1S/C14H22ClN3O2S/c1-10(2)16-7-11-6-13(15)14(17-8-11)18(3)12-4-5-21(19,20)9-12/h6,8,10,12,16H,4-5,7,9H2,1-3H3. The molecule has 1 atom stereocenters. The van der Waals surface area contributed by atoms with Gasteiger partial charge in [0.15, 0.2) is 9.84 Å². The molecule has 118 valence electrons. The predicted octanol–water partition coefficient (Wildman–Crippen LogP) is 1.86. The Hall–Kier alpha value is -0.850. The minimum Gasteiger partial charge on any atom is -0.354 e. The molecule has 0 amide bonds. The topological polar surface area (TPSA) is 62.3 Å². The van der Waals surface area contributed by atoms with Crippen LogP contribution in [0.15, 0.2) is 12.3 Å². The molecule has 1 aromatic rings. The summed E-state index contributed by atoms with van der Waals surface area (Å²) in [6, 6.07) is 2.24. The van der Waals surface area contributed by atoms with Crippen LogP contribution >= 0.6 is 11.6 Å². The Bertz CT molecular complexity index is 604. The first-order valence-corrected chi connectivity index (χ1v) is 9.29. The highest BCUT2D eigenvalue weighted by Crippen LogP contribution is 2.28. The number of halogens is 1. The van der Waals surface area contributed by atoms with Gasteiger partial charge in [0.25, 0.3) is 0 Å². The van der Waals surface area contributed by atoms with Gasteiger partial charge in [0, 0.05) is 31.9 Å². The lowest BCUT2D eigenvalue weighted by molar-refractivity contribution is 0.587. The minimum absolute atomic E-state index is 0.0420. The summed E-state index contributed by atoms with van der Waals surface area (Å²) in [6.45, 7) is 4.88. The molecule has 0 radical (unpaired) electrons. The van der Waals surface area contributed by atoms with E-state index in [9.17, 15) is 8.42 Å². The maximum Gasteiger partial charge on any atom is 0.152 e. The minimum atomic E-state index is -2.91. The molecule has 1 aliphatic rings. The van der Waals surface area contributed by atoms with E-state index in [2.05, 4.69) is 24.1 Å². The SMILES string of the molecule is CC(C)NCc1cnc(N(C)C2CCS(=O)(=O)C2)c(Cl)c1. The fourth-order valence-corrected chi connectivity index (χ4v) is 4.50. The summed E-state index contributed by atoms with van der Waals surface area (Å²) in [5.74, 6) is 1.07. The third-order valence-electron chi connectivity index (χ3n) is 3.68. The largest absolute Gasteiger partial charge is 0.354 e.